The van der Waals surface area contributed by atoms with E-state index in [0.717, 1.165) is 25.7 Å². The molecular formula is C15H22O. The zero-order chi connectivity index (χ0) is 11.6. The maximum atomic E-state index is 10.7. The summed E-state index contributed by atoms with van der Waals surface area (Å²) in [7, 11) is 0. The lowest BCUT2D eigenvalue weighted by atomic mass is 9.68. The number of hydrogen-bond donors (Lipinski definition) is 1. The van der Waals surface area contributed by atoms with E-state index in [0.29, 0.717) is 5.41 Å². The molecule has 1 saturated carbocycles. The smallest absolute Gasteiger partial charge is 0.0693 e. The van der Waals surface area contributed by atoms with Gasteiger partial charge in [0.1, 0.15) is 0 Å². The molecule has 88 valence electrons. The molecule has 0 radical (unpaired) electrons. The van der Waals surface area contributed by atoms with Gasteiger partial charge in [-0.3, -0.25) is 0 Å². The first-order valence-electron chi connectivity index (χ1n) is 6.26. The van der Waals surface area contributed by atoms with Crippen molar-refractivity contribution >= 4 is 0 Å². The molecule has 0 spiro atoms. The van der Waals surface area contributed by atoms with E-state index in [1.165, 1.54) is 12.0 Å². The molecule has 1 unspecified atom stereocenters. The zero-order valence-electron chi connectivity index (χ0n) is 10.4. The highest BCUT2D eigenvalue weighted by Crippen LogP contribution is 2.42. The van der Waals surface area contributed by atoms with Gasteiger partial charge in [0.05, 0.1) is 5.60 Å². The van der Waals surface area contributed by atoms with E-state index in [1.54, 1.807) is 0 Å². The topological polar surface area (TPSA) is 20.2 Å². The molecule has 1 nitrogen and oxygen atoms in total. The lowest BCUT2D eigenvalue weighted by Crippen LogP contribution is -2.40. The van der Waals surface area contributed by atoms with E-state index in [-0.39, 0.29) is 0 Å². The molecule has 0 saturated heterocycles. The fourth-order valence-electron chi connectivity index (χ4n) is 3.09. The lowest BCUT2D eigenvalue weighted by molar-refractivity contribution is -0.0382. The predicted octanol–water partition coefficient (Wildman–Crippen LogP) is 3.56. The maximum Gasteiger partial charge on any atom is 0.0693 e. The third-order valence-electron chi connectivity index (χ3n) is 3.68. The average molecular weight is 218 g/mol. The van der Waals surface area contributed by atoms with Crippen LogP contribution in [-0.2, 0) is 6.42 Å². The predicted molar refractivity (Wildman–Crippen MR) is 67.3 cm³/mol. The van der Waals surface area contributed by atoms with E-state index < -0.39 is 5.60 Å². The Morgan fingerprint density at radius 2 is 1.81 bits per heavy atom. The first-order valence-corrected chi connectivity index (χ1v) is 6.26. The van der Waals surface area contributed by atoms with Gasteiger partial charge in [0.15, 0.2) is 0 Å². The van der Waals surface area contributed by atoms with E-state index in [2.05, 4.69) is 26.0 Å². The molecule has 16 heavy (non-hydrogen) atoms. The highest BCUT2D eigenvalue weighted by atomic mass is 16.3. The molecule has 0 heterocycles. The normalized spacial score (nSPS) is 28.9. The van der Waals surface area contributed by atoms with Crippen molar-refractivity contribution in [2.45, 2.75) is 51.6 Å². The molecule has 1 N–H and O–H groups in total. The SMILES string of the molecule is CC1(C)CCCC(O)(Cc2ccccc2)C1. The van der Waals surface area contributed by atoms with Crippen molar-refractivity contribution in [3.63, 3.8) is 0 Å². The third kappa shape index (κ3) is 2.85. The van der Waals surface area contributed by atoms with Gasteiger partial charge < -0.3 is 5.11 Å². The molecule has 0 amide bonds. The van der Waals surface area contributed by atoms with Crippen LogP contribution in [0.1, 0.15) is 45.1 Å². The number of rotatable bonds is 2. The Balaban J connectivity index is 2.08. The molecular weight excluding hydrogens is 196 g/mol. The van der Waals surface area contributed by atoms with Gasteiger partial charge in [0, 0.05) is 6.42 Å². The van der Waals surface area contributed by atoms with Gasteiger partial charge in [-0.05, 0) is 30.2 Å². The van der Waals surface area contributed by atoms with Crippen molar-refractivity contribution < 1.29 is 5.11 Å². The van der Waals surface area contributed by atoms with E-state index in [9.17, 15) is 5.11 Å². The summed E-state index contributed by atoms with van der Waals surface area (Å²) in [6.07, 6.45) is 5.07. The fraction of sp³-hybridized carbons (Fsp3) is 0.600. The summed E-state index contributed by atoms with van der Waals surface area (Å²) in [6.45, 7) is 4.53. The van der Waals surface area contributed by atoms with Crippen LogP contribution in [0.25, 0.3) is 0 Å². The monoisotopic (exact) mass is 218 g/mol. The first-order chi connectivity index (χ1) is 7.49. The molecule has 0 aliphatic heterocycles. The Kier molecular flexibility index (Phi) is 3.07. The molecule has 1 aliphatic rings. The van der Waals surface area contributed by atoms with E-state index >= 15 is 0 Å². The average Bonchev–Trinajstić information content (AvgIpc) is 2.16. The fourth-order valence-corrected chi connectivity index (χ4v) is 3.09. The van der Waals surface area contributed by atoms with Crippen LogP contribution in [-0.4, -0.2) is 10.7 Å². The number of aliphatic hydroxyl groups is 1. The number of hydrogen-bond acceptors (Lipinski definition) is 1. The lowest BCUT2D eigenvalue weighted by Gasteiger charge is -2.41. The van der Waals surface area contributed by atoms with Gasteiger partial charge in [0.25, 0.3) is 0 Å². The summed E-state index contributed by atoms with van der Waals surface area (Å²) in [4.78, 5) is 0. The van der Waals surface area contributed by atoms with E-state index in [4.69, 9.17) is 0 Å². The largest absolute Gasteiger partial charge is 0.390 e. The first kappa shape index (κ1) is 11.7. The molecule has 0 bridgehead atoms. The highest BCUT2D eigenvalue weighted by Gasteiger charge is 2.38. The van der Waals surface area contributed by atoms with Gasteiger partial charge in [-0.1, -0.05) is 50.6 Å². The standard InChI is InChI=1S/C15H22O/c1-14(2)9-6-10-15(16,12-14)11-13-7-4-3-5-8-13/h3-5,7-8,16H,6,9-12H2,1-2H3. The van der Waals surface area contributed by atoms with Crippen molar-refractivity contribution in [3.05, 3.63) is 35.9 Å². The van der Waals surface area contributed by atoms with Crippen LogP contribution in [0.15, 0.2) is 30.3 Å². The van der Waals surface area contributed by atoms with Gasteiger partial charge in [-0.15, -0.1) is 0 Å². The molecule has 1 aliphatic carbocycles. The Hall–Kier alpha value is -0.820. The summed E-state index contributed by atoms with van der Waals surface area (Å²) in [6, 6.07) is 10.3. The quantitative estimate of drug-likeness (QED) is 0.804. The summed E-state index contributed by atoms with van der Waals surface area (Å²) < 4.78 is 0. The number of benzene rings is 1. The minimum absolute atomic E-state index is 0.293. The van der Waals surface area contributed by atoms with Crippen molar-refractivity contribution in [2.75, 3.05) is 0 Å². The van der Waals surface area contributed by atoms with Crippen molar-refractivity contribution in [2.24, 2.45) is 5.41 Å². The van der Waals surface area contributed by atoms with Crippen LogP contribution in [0.3, 0.4) is 0 Å². The van der Waals surface area contributed by atoms with Crippen molar-refractivity contribution in [1.82, 2.24) is 0 Å². The molecule has 1 heteroatoms. The Morgan fingerprint density at radius 1 is 1.12 bits per heavy atom. The second kappa shape index (κ2) is 4.21. The maximum absolute atomic E-state index is 10.7. The van der Waals surface area contributed by atoms with Gasteiger partial charge in [-0.25, -0.2) is 0 Å². The van der Waals surface area contributed by atoms with E-state index in [1.807, 2.05) is 18.2 Å². The highest BCUT2D eigenvalue weighted by molar-refractivity contribution is 5.17. The molecule has 0 aromatic heterocycles. The van der Waals surface area contributed by atoms with Crippen LogP contribution in [0.4, 0.5) is 0 Å². The second-order valence-electron chi connectivity index (χ2n) is 6.08. The third-order valence-corrected chi connectivity index (χ3v) is 3.68. The van der Waals surface area contributed by atoms with Gasteiger partial charge in [0.2, 0.25) is 0 Å². The minimum Gasteiger partial charge on any atom is -0.390 e. The van der Waals surface area contributed by atoms with Crippen LogP contribution in [0.2, 0.25) is 0 Å². The Bertz CT molecular complexity index is 342. The summed E-state index contributed by atoms with van der Waals surface area (Å²) in [5.41, 5.74) is 1.06. The van der Waals surface area contributed by atoms with Gasteiger partial charge >= 0.3 is 0 Å². The Labute approximate surface area is 98.5 Å². The second-order valence-corrected chi connectivity index (χ2v) is 6.08. The van der Waals surface area contributed by atoms with Crippen molar-refractivity contribution in [3.8, 4) is 0 Å². The summed E-state index contributed by atoms with van der Waals surface area (Å²) >= 11 is 0. The Morgan fingerprint density at radius 3 is 2.44 bits per heavy atom. The zero-order valence-corrected chi connectivity index (χ0v) is 10.4. The molecule has 1 aromatic carbocycles. The van der Waals surface area contributed by atoms with Crippen LogP contribution in [0, 0.1) is 5.41 Å². The summed E-state index contributed by atoms with van der Waals surface area (Å²) in [5, 5.41) is 10.7. The molecule has 1 fully saturated rings. The summed E-state index contributed by atoms with van der Waals surface area (Å²) in [5.74, 6) is 0. The molecule has 1 atom stereocenters. The van der Waals surface area contributed by atoms with Crippen LogP contribution in [0.5, 0.6) is 0 Å². The van der Waals surface area contributed by atoms with Crippen molar-refractivity contribution in [1.29, 1.82) is 0 Å². The minimum atomic E-state index is -0.483. The van der Waals surface area contributed by atoms with Crippen LogP contribution >= 0.6 is 0 Å². The molecule has 1 aromatic rings. The molecule has 2 rings (SSSR count). The van der Waals surface area contributed by atoms with Crippen LogP contribution < -0.4 is 0 Å². The van der Waals surface area contributed by atoms with Gasteiger partial charge in [-0.2, -0.15) is 0 Å².